The molecule has 0 saturated heterocycles. The van der Waals surface area contributed by atoms with Gasteiger partial charge in [0.15, 0.2) is 5.82 Å². The molecule has 2 aromatic heterocycles. The van der Waals surface area contributed by atoms with Crippen molar-refractivity contribution in [2.45, 2.75) is 63.5 Å². The van der Waals surface area contributed by atoms with Crippen molar-refractivity contribution in [1.29, 1.82) is 0 Å². The Morgan fingerprint density at radius 1 is 0.829 bits per heavy atom. The Morgan fingerprint density at radius 3 is 2.00 bits per heavy atom. The van der Waals surface area contributed by atoms with E-state index in [2.05, 4.69) is 96.7 Å². The summed E-state index contributed by atoms with van der Waals surface area (Å²) < 4.78 is 12.8. The Labute approximate surface area is 243 Å². The van der Waals surface area contributed by atoms with E-state index in [1.54, 1.807) is 13.3 Å². The second kappa shape index (κ2) is 11.9. The normalized spacial score (nSPS) is 17.7. The average Bonchev–Trinajstić information content (AvgIpc) is 2.98. The van der Waals surface area contributed by atoms with Crippen LogP contribution in [-0.4, -0.2) is 36.5 Å². The summed E-state index contributed by atoms with van der Waals surface area (Å²) in [6.07, 6.45) is 5.43. The van der Waals surface area contributed by atoms with Crippen LogP contribution in [0, 0.1) is 0 Å². The molecule has 2 heterocycles. The van der Waals surface area contributed by atoms with Crippen molar-refractivity contribution in [3.8, 4) is 5.88 Å². The first-order chi connectivity index (χ1) is 19.7. The number of nitrogens with two attached hydrogens (primary N) is 2. The van der Waals surface area contributed by atoms with Crippen LogP contribution in [0.15, 0.2) is 79.0 Å². The van der Waals surface area contributed by atoms with Crippen LogP contribution in [-0.2, 0) is 4.43 Å². The van der Waals surface area contributed by atoms with Crippen LogP contribution in [0.4, 0.5) is 23.1 Å². The number of hydrogen-bond donors (Lipinski definition) is 3. The molecule has 1 aliphatic carbocycles. The fraction of sp³-hybridized carbons (Fsp3) is 0.344. The highest BCUT2D eigenvalue weighted by Crippen LogP contribution is 2.42. The molecule has 1 aliphatic rings. The van der Waals surface area contributed by atoms with Gasteiger partial charge in [-0.25, -0.2) is 9.97 Å². The first-order valence-corrected chi connectivity index (χ1v) is 16.1. The monoisotopic (exact) mass is 568 g/mol. The molecule has 2 aromatic carbocycles. The van der Waals surface area contributed by atoms with Gasteiger partial charge in [-0.15, -0.1) is 0 Å². The number of aromatic nitrogens is 3. The van der Waals surface area contributed by atoms with Crippen molar-refractivity contribution in [1.82, 2.24) is 15.0 Å². The molecule has 0 atom stereocenters. The van der Waals surface area contributed by atoms with Crippen LogP contribution in [0.25, 0.3) is 0 Å². The van der Waals surface area contributed by atoms with Gasteiger partial charge in [0.1, 0.15) is 5.69 Å². The van der Waals surface area contributed by atoms with Crippen molar-refractivity contribution in [3.63, 3.8) is 0 Å². The summed E-state index contributed by atoms with van der Waals surface area (Å²) >= 11 is 0. The van der Waals surface area contributed by atoms with E-state index in [0.717, 1.165) is 31.4 Å². The molecule has 5 N–H and O–H groups in total. The van der Waals surface area contributed by atoms with Gasteiger partial charge in [-0.1, -0.05) is 81.4 Å². The molecule has 1 fully saturated rings. The number of pyridine rings is 1. The van der Waals surface area contributed by atoms with Gasteiger partial charge in [0.25, 0.3) is 8.32 Å². The number of nitrogen functional groups attached to an aromatic ring is 2. The Kier molecular flexibility index (Phi) is 8.28. The van der Waals surface area contributed by atoms with Crippen LogP contribution in [0.5, 0.6) is 5.88 Å². The highest BCUT2D eigenvalue weighted by molar-refractivity contribution is 6.99. The third-order valence-corrected chi connectivity index (χ3v) is 13.1. The smallest absolute Gasteiger partial charge is 0.261 e. The maximum atomic E-state index is 7.40. The lowest BCUT2D eigenvalue weighted by atomic mass is 9.84. The minimum Gasteiger partial charge on any atom is -0.480 e. The van der Waals surface area contributed by atoms with E-state index in [1.165, 1.54) is 10.4 Å². The molecular formula is C32H40N6O2Si. The molecule has 0 bridgehead atoms. The van der Waals surface area contributed by atoms with E-state index in [9.17, 15) is 0 Å². The molecule has 1 saturated carbocycles. The van der Waals surface area contributed by atoms with Gasteiger partial charge in [0.05, 0.1) is 18.5 Å². The van der Waals surface area contributed by atoms with Gasteiger partial charge in [-0.05, 0) is 53.2 Å². The zero-order valence-electron chi connectivity index (χ0n) is 24.3. The summed E-state index contributed by atoms with van der Waals surface area (Å²) in [5.74, 6) is 1.26. The van der Waals surface area contributed by atoms with Crippen LogP contribution in [0.1, 0.15) is 58.1 Å². The highest BCUT2D eigenvalue weighted by Gasteiger charge is 2.51. The number of anilines is 4. The molecule has 4 aromatic rings. The zero-order chi connectivity index (χ0) is 29.0. The molecule has 0 unspecified atom stereocenters. The Morgan fingerprint density at radius 2 is 1.44 bits per heavy atom. The number of rotatable bonds is 8. The van der Waals surface area contributed by atoms with Gasteiger partial charge in [0.2, 0.25) is 11.8 Å². The molecule has 0 aliphatic heterocycles. The number of benzene rings is 2. The van der Waals surface area contributed by atoms with E-state index < -0.39 is 8.32 Å². The third-order valence-electron chi connectivity index (χ3n) is 8.04. The van der Waals surface area contributed by atoms with Crippen LogP contribution in [0.3, 0.4) is 0 Å². The van der Waals surface area contributed by atoms with E-state index in [1.807, 2.05) is 12.1 Å². The topological polar surface area (TPSA) is 121 Å². The summed E-state index contributed by atoms with van der Waals surface area (Å²) in [6, 6.07) is 25.3. The van der Waals surface area contributed by atoms with Gasteiger partial charge in [-0.3, -0.25) is 0 Å². The van der Waals surface area contributed by atoms with Crippen LogP contribution >= 0.6 is 0 Å². The molecule has 0 radical (unpaired) electrons. The van der Waals surface area contributed by atoms with E-state index in [0.29, 0.717) is 23.2 Å². The van der Waals surface area contributed by atoms with E-state index in [-0.39, 0.29) is 22.9 Å². The van der Waals surface area contributed by atoms with Crippen LogP contribution in [0.2, 0.25) is 5.04 Å². The zero-order valence-corrected chi connectivity index (χ0v) is 25.3. The minimum atomic E-state index is -2.62. The summed E-state index contributed by atoms with van der Waals surface area (Å²) in [4.78, 5) is 13.4. The number of methoxy groups -OCH3 is 1. The fourth-order valence-corrected chi connectivity index (χ4v) is 10.8. The Hall–Kier alpha value is -3.95. The fourth-order valence-electron chi connectivity index (χ4n) is 6.04. The van der Waals surface area contributed by atoms with Crippen molar-refractivity contribution < 1.29 is 9.16 Å². The predicted octanol–water partition coefficient (Wildman–Crippen LogP) is 5.39. The molecule has 0 amide bonds. The molecule has 41 heavy (non-hydrogen) atoms. The lowest BCUT2D eigenvalue weighted by molar-refractivity contribution is 0.135. The maximum Gasteiger partial charge on any atom is 0.261 e. The number of nitrogens with one attached hydrogen (secondary N) is 1. The quantitative estimate of drug-likeness (QED) is 0.242. The van der Waals surface area contributed by atoms with Gasteiger partial charge in [-0.2, -0.15) is 4.98 Å². The third kappa shape index (κ3) is 5.78. The predicted molar refractivity (Wildman–Crippen MR) is 169 cm³/mol. The molecule has 5 rings (SSSR count). The minimum absolute atomic E-state index is 0.0635. The first-order valence-electron chi connectivity index (χ1n) is 14.2. The van der Waals surface area contributed by atoms with E-state index >= 15 is 0 Å². The second-order valence-corrected chi connectivity index (χ2v) is 15.9. The Bertz CT molecular complexity index is 1420. The Balaban J connectivity index is 1.39. The molecule has 8 nitrogen and oxygen atoms in total. The standard InChI is InChI=1S/C32H40N6O2Si/c1-32(2,3)41(24-12-7-5-8-13-24,25-14-9-6-10-15-25)40-23-19-17-22(18-20-23)28-27(33)29(34)38-31(37-28)36-26-16-11-21-35-30(26)39-4/h5-16,21-23H,17-20,33H2,1-4H3,(H3,34,36,37,38)/t22-,23-. The van der Waals surface area contributed by atoms with Crippen molar-refractivity contribution in [3.05, 3.63) is 84.7 Å². The summed E-state index contributed by atoms with van der Waals surface area (Å²) in [6.45, 7) is 6.96. The molecular weight excluding hydrogens is 528 g/mol. The largest absolute Gasteiger partial charge is 0.480 e. The number of hydrogen-bond acceptors (Lipinski definition) is 8. The van der Waals surface area contributed by atoms with Crippen molar-refractivity contribution in [2.75, 3.05) is 23.9 Å². The first kappa shape index (κ1) is 28.6. The molecule has 9 heteroatoms. The van der Waals surface area contributed by atoms with E-state index in [4.69, 9.17) is 25.6 Å². The summed E-state index contributed by atoms with van der Waals surface area (Å²) in [5.41, 5.74) is 14.6. The molecule has 0 spiro atoms. The lowest BCUT2D eigenvalue weighted by Crippen LogP contribution is -2.67. The summed E-state index contributed by atoms with van der Waals surface area (Å²) in [7, 11) is -1.04. The van der Waals surface area contributed by atoms with Gasteiger partial charge in [0, 0.05) is 18.2 Å². The van der Waals surface area contributed by atoms with Gasteiger partial charge >= 0.3 is 0 Å². The van der Waals surface area contributed by atoms with Crippen molar-refractivity contribution >= 4 is 41.8 Å². The molecule has 214 valence electrons. The SMILES string of the molecule is COc1ncccc1Nc1nc(N)c(N)c([C@H]2CC[C@H](O[Si](c3ccccc3)(c3ccccc3)C(C)(C)C)CC2)n1. The lowest BCUT2D eigenvalue weighted by Gasteiger charge is -2.46. The average molecular weight is 569 g/mol. The second-order valence-electron chi connectivity index (χ2n) is 11.7. The maximum absolute atomic E-state index is 7.40. The summed E-state index contributed by atoms with van der Waals surface area (Å²) in [5, 5.41) is 5.74. The number of ether oxygens (including phenoxy) is 1. The highest BCUT2D eigenvalue weighted by atomic mass is 28.4. The van der Waals surface area contributed by atoms with Crippen molar-refractivity contribution in [2.24, 2.45) is 0 Å². The van der Waals surface area contributed by atoms with Gasteiger partial charge < -0.3 is 25.9 Å². The number of nitrogens with zero attached hydrogens (tertiary/aromatic N) is 3. The van der Waals surface area contributed by atoms with Crippen LogP contribution < -0.4 is 31.9 Å².